The Bertz CT molecular complexity index is 539. The largest absolute Gasteiger partial charge is 0.480 e. The number of carbonyl (C=O) groups excluding carboxylic acids is 3. The highest BCUT2D eigenvalue weighted by molar-refractivity contribution is 7.80. The minimum absolute atomic E-state index is 0.0662. The first kappa shape index (κ1) is 25.2. The molecule has 0 aromatic rings. The molecule has 9 nitrogen and oxygen atoms in total. The van der Waals surface area contributed by atoms with Crippen LogP contribution >= 0.6 is 12.6 Å². The van der Waals surface area contributed by atoms with Gasteiger partial charge < -0.3 is 26.8 Å². The second kappa shape index (κ2) is 11.8. The van der Waals surface area contributed by atoms with Crippen molar-refractivity contribution in [2.24, 2.45) is 17.6 Å². The number of hydrogen-bond acceptors (Lipinski definition) is 6. The van der Waals surface area contributed by atoms with Crippen LogP contribution in [0.5, 0.6) is 0 Å². The van der Waals surface area contributed by atoms with Gasteiger partial charge >= 0.3 is 5.97 Å². The molecule has 0 aliphatic carbocycles. The van der Waals surface area contributed by atoms with Gasteiger partial charge in [0.05, 0.1) is 6.04 Å². The quantitative estimate of drug-likeness (QED) is 0.256. The molecule has 0 aliphatic heterocycles. The lowest BCUT2D eigenvalue weighted by Crippen LogP contribution is -2.58. The summed E-state index contributed by atoms with van der Waals surface area (Å²) in [6.07, 6.45) is 0.308. The zero-order valence-corrected chi connectivity index (χ0v) is 17.4. The van der Waals surface area contributed by atoms with Crippen LogP contribution in [0, 0.1) is 11.8 Å². The van der Waals surface area contributed by atoms with Crippen molar-refractivity contribution in [3.63, 3.8) is 0 Å². The molecule has 0 rings (SSSR count). The van der Waals surface area contributed by atoms with Crippen LogP contribution in [0.3, 0.4) is 0 Å². The molecule has 156 valence electrons. The molecule has 4 unspecified atom stereocenters. The third-order valence-electron chi connectivity index (χ3n) is 3.80. The lowest BCUT2D eigenvalue weighted by molar-refractivity contribution is -0.141. The van der Waals surface area contributed by atoms with Crippen molar-refractivity contribution in [3.8, 4) is 0 Å². The Kier molecular flexibility index (Phi) is 11.0. The molecule has 0 saturated heterocycles. The van der Waals surface area contributed by atoms with Crippen molar-refractivity contribution in [2.45, 2.75) is 65.2 Å². The minimum Gasteiger partial charge on any atom is -0.480 e. The summed E-state index contributed by atoms with van der Waals surface area (Å²) in [6, 6.07) is -3.74. The fourth-order valence-corrected chi connectivity index (χ4v) is 2.49. The first-order valence-corrected chi connectivity index (χ1v) is 9.54. The van der Waals surface area contributed by atoms with Gasteiger partial charge in [0.25, 0.3) is 0 Å². The number of carbonyl (C=O) groups is 4. The van der Waals surface area contributed by atoms with E-state index in [2.05, 4.69) is 28.6 Å². The predicted octanol–water partition coefficient (Wildman–Crippen LogP) is -0.495. The van der Waals surface area contributed by atoms with Gasteiger partial charge in [-0.3, -0.25) is 14.4 Å². The number of carboxylic acid groups (broad SMARTS) is 1. The van der Waals surface area contributed by atoms with E-state index in [1.807, 2.05) is 13.8 Å². The Labute approximate surface area is 165 Å². The Morgan fingerprint density at radius 1 is 0.889 bits per heavy atom. The maximum Gasteiger partial charge on any atom is 0.327 e. The van der Waals surface area contributed by atoms with Gasteiger partial charge in [0.2, 0.25) is 17.7 Å². The summed E-state index contributed by atoms with van der Waals surface area (Å²) >= 11 is 3.91. The van der Waals surface area contributed by atoms with Crippen LogP contribution in [0.25, 0.3) is 0 Å². The fraction of sp³-hybridized carbons (Fsp3) is 0.765. The number of aliphatic carboxylic acids is 1. The number of hydrogen-bond donors (Lipinski definition) is 6. The molecule has 4 atom stereocenters. The normalized spacial score (nSPS) is 15.6. The molecule has 0 spiro atoms. The van der Waals surface area contributed by atoms with Crippen LogP contribution in [0.1, 0.15) is 41.0 Å². The maximum absolute atomic E-state index is 12.7. The predicted molar refractivity (Wildman–Crippen MR) is 105 cm³/mol. The summed E-state index contributed by atoms with van der Waals surface area (Å²) in [5.74, 6) is -3.08. The van der Waals surface area contributed by atoms with Crippen molar-refractivity contribution in [1.29, 1.82) is 0 Å². The van der Waals surface area contributed by atoms with Gasteiger partial charge in [0.15, 0.2) is 0 Å². The smallest absolute Gasteiger partial charge is 0.327 e. The van der Waals surface area contributed by atoms with Gasteiger partial charge in [-0.15, -0.1) is 0 Å². The molecule has 0 bridgehead atoms. The molecule has 0 aliphatic rings. The molecule has 27 heavy (non-hydrogen) atoms. The van der Waals surface area contributed by atoms with Gasteiger partial charge in [0.1, 0.15) is 18.1 Å². The third kappa shape index (κ3) is 9.09. The van der Waals surface area contributed by atoms with Crippen molar-refractivity contribution in [1.82, 2.24) is 16.0 Å². The molecule has 0 radical (unpaired) electrons. The highest BCUT2D eigenvalue weighted by Gasteiger charge is 2.31. The van der Waals surface area contributed by atoms with E-state index in [0.29, 0.717) is 6.42 Å². The molecule has 10 heteroatoms. The Morgan fingerprint density at radius 2 is 1.41 bits per heavy atom. The monoisotopic (exact) mass is 404 g/mol. The van der Waals surface area contributed by atoms with Crippen molar-refractivity contribution < 1.29 is 24.3 Å². The third-order valence-corrected chi connectivity index (χ3v) is 4.16. The van der Waals surface area contributed by atoms with Gasteiger partial charge in [-0.05, 0) is 25.2 Å². The average Bonchev–Trinajstić information content (AvgIpc) is 2.54. The fourth-order valence-electron chi connectivity index (χ4n) is 2.24. The Hall–Kier alpha value is -1.81. The van der Waals surface area contributed by atoms with Crippen molar-refractivity contribution in [3.05, 3.63) is 0 Å². The van der Waals surface area contributed by atoms with E-state index < -0.39 is 47.9 Å². The molecule has 6 N–H and O–H groups in total. The first-order valence-electron chi connectivity index (χ1n) is 8.91. The molecule has 0 heterocycles. The summed E-state index contributed by atoms with van der Waals surface area (Å²) in [5, 5.41) is 16.6. The van der Waals surface area contributed by atoms with E-state index in [9.17, 15) is 19.2 Å². The van der Waals surface area contributed by atoms with Crippen LogP contribution in [0.15, 0.2) is 0 Å². The highest BCUT2D eigenvalue weighted by Crippen LogP contribution is 2.08. The van der Waals surface area contributed by atoms with Crippen LogP contribution in [-0.4, -0.2) is 58.7 Å². The zero-order chi connectivity index (χ0) is 21.3. The molecule has 0 aromatic heterocycles. The van der Waals surface area contributed by atoms with E-state index in [4.69, 9.17) is 10.8 Å². The zero-order valence-electron chi connectivity index (χ0n) is 16.5. The van der Waals surface area contributed by atoms with E-state index >= 15 is 0 Å². The van der Waals surface area contributed by atoms with E-state index in [-0.39, 0.29) is 17.6 Å². The van der Waals surface area contributed by atoms with Crippen LogP contribution in [0.4, 0.5) is 0 Å². The topological polar surface area (TPSA) is 151 Å². The van der Waals surface area contributed by atoms with Gasteiger partial charge in [-0.25, -0.2) is 4.79 Å². The summed E-state index contributed by atoms with van der Waals surface area (Å²) in [4.78, 5) is 48.1. The highest BCUT2D eigenvalue weighted by atomic mass is 32.1. The summed E-state index contributed by atoms with van der Waals surface area (Å²) in [6.45, 7) is 8.76. The van der Waals surface area contributed by atoms with Gasteiger partial charge in [-0.2, -0.15) is 12.6 Å². The summed E-state index contributed by atoms with van der Waals surface area (Å²) in [5.41, 5.74) is 5.53. The van der Waals surface area contributed by atoms with E-state index in [0.717, 1.165) is 0 Å². The van der Waals surface area contributed by atoms with Crippen LogP contribution in [0.2, 0.25) is 0 Å². The van der Waals surface area contributed by atoms with Crippen LogP contribution < -0.4 is 21.7 Å². The Morgan fingerprint density at radius 3 is 1.78 bits per heavy atom. The van der Waals surface area contributed by atoms with Gasteiger partial charge in [0, 0.05) is 5.75 Å². The number of nitrogens with two attached hydrogens (primary N) is 1. The second-order valence-electron chi connectivity index (χ2n) is 7.29. The first-order chi connectivity index (χ1) is 12.4. The Balaban J connectivity index is 5.28. The van der Waals surface area contributed by atoms with Crippen molar-refractivity contribution in [2.75, 3.05) is 5.75 Å². The maximum atomic E-state index is 12.7. The molecular weight excluding hydrogens is 372 g/mol. The lowest BCUT2D eigenvalue weighted by Gasteiger charge is -2.27. The second-order valence-corrected chi connectivity index (χ2v) is 7.66. The number of amides is 3. The number of carboxylic acids is 1. The SMILES string of the molecule is CC(C)CC(NC(=O)C(NC(=O)C(C)N)C(C)C)C(=O)NC(CS)C(=O)O. The van der Waals surface area contributed by atoms with Gasteiger partial charge in [-0.1, -0.05) is 27.7 Å². The van der Waals surface area contributed by atoms with E-state index in [1.165, 1.54) is 6.92 Å². The molecule has 0 aromatic carbocycles. The lowest BCUT2D eigenvalue weighted by atomic mass is 9.99. The number of rotatable bonds is 11. The average molecular weight is 405 g/mol. The molecule has 0 fully saturated rings. The minimum atomic E-state index is -1.21. The molecule has 0 saturated carbocycles. The van der Waals surface area contributed by atoms with Crippen LogP contribution in [-0.2, 0) is 19.2 Å². The molecule has 3 amide bonds. The number of nitrogens with one attached hydrogen (secondary N) is 3. The standard InChI is InChI=1S/C17H32N4O5S/c1-8(2)6-11(15(23)20-12(7-27)17(25)26)19-16(24)13(9(3)4)21-14(22)10(5)18/h8-13,27H,6-7,18H2,1-5H3,(H,19,24)(H,20,23)(H,21,22)(H,25,26). The van der Waals surface area contributed by atoms with E-state index in [1.54, 1.807) is 13.8 Å². The molecular formula is C17H32N4O5S. The van der Waals surface area contributed by atoms with Crippen molar-refractivity contribution >= 4 is 36.3 Å². The number of thiol groups is 1. The summed E-state index contributed by atoms with van der Waals surface area (Å²) < 4.78 is 0. The summed E-state index contributed by atoms with van der Waals surface area (Å²) in [7, 11) is 0.